The van der Waals surface area contributed by atoms with Crippen molar-refractivity contribution < 1.29 is 38.4 Å². The topological polar surface area (TPSA) is 149 Å². The molecule has 40 heavy (non-hydrogen) atoms. The zero-order valence-corrected chi connectivity index (χ0v) is 22.9. The quantitative estimate of drug-likeness (QED) is 0.0909. The summed E-state index contributed by atoms with van der Waals surface area (Å²) in [5, 5.41) is 19.7. The van der Waals surface area contributed by atoms with Crippen LogP contribution in [-0.2, 0) is 9.53 Å². The number of hydrogen-bond acceptors (Lipinski definition) is 10. The van der Waals surface area contributed by atoms with Crippen molar-refractivity contribution in [1.29, 1.82) is 0 Å². The van der Waals surface area contributed by atoms with E-state index in [9.17, 15) is 14.7 Å². The van der Waals surface area contributed by atoms with Gasteiger partial charge in [-0.2, -0.15) is 5.10 Å². The summed E-state index contributed by atoms with van der Waals surface area (Å²) in [7, 11) is 2.81. The van der Waals surface area contributed by atoms with Crippen molar-refractivity contribution in [1.82, 2.24) is 16.1 Å². The van der Waals surface area contributed by atoms with E-state index in [1.54, 1.807) is 49.4 Å². The van der Waals surface area contributed by atoms with Crippen LogP contribution in [0.15, 0.2) is 65.4 Å². The summed E-state index contributed by atoms with van der Waals surface area (Å²) in [4.78, 5) is 24.5. The van der Waals surface area contributed by atoms with Gasteiger partial charge < -0.3 is 39.4 Å². The van der Waals surface area contributed by atoms with E-state index in [0.717, 1.165) is 5.56 Å². The first-order valence-corrected chi connectivity index (χ1v) is 12.5. The van der Waals surface area contributed by atoms with E-state index in [1.807, 2.05) is 6.92 Å². The second-order valence-corrected chi connectivity index (χ2v) is 8.42. The van der Waals surface area contributed by atoms with Gasteiger partial charge in [0.1, 0.15) is 13.2 Å². The number of rotatable bonds is 14. The highest BCUT2D eigenvalue weighted by Crippen LogP contribution is 2.35. The highest BCUT2D eigenvalue weighted by atomic mass is 16.5. The number of amides is 2. The van der Waals surface area contributed by atoms with E-state index in [4.69, 9.17) is 23.7 Å². The molecule has 2 aromatic carbocycles. The summed E-state index contributed by atoms with van der Waals surface area (Å²) in [5.41, 5.74) is 4.57. The van der Waals surface area contributed by atoms with Crippen LogP contribution in [-0.4, -0.2) is 63.6 Å². The Hall–Kier alpha value is -4.71. The number of nitrogens with one attached hydrogen (secondary N) is 3. The first-order valence-electron chi connectivity index (χ1n) is 12.5. The summed E-state index contributed by atoms with van der Waals surface area (Å²) in [6.45, 7) is 7.60. The number of ether oxygens (including phenoxy) is 5. The standard InChI is InChI=1S/C28H34N4O8/c1-6-12-39-20-10-8-18(13-22(20)36-4)15-29-32-24(33)16-40-21-11-9-19(14-23(21)38-7-2)26-25(27(34)37-5)17(3)30-28(35)31-26/h6,8-11,13-15,24,26,32-33H,1,7,12,16H2,2-5H3,(H2,30,31,35)/b29-15-/t24-,26-/m0/s1. The van der Waals surface area contributed by atoms with E-state index < -0.39 is 24.3 Å². The molecule has 0 bridgehead atoms. The summed E-state index contributed by atoms with van der Waals surface area (Å²) in [5.74, 6) is 1.27. The lowest BCUT2D eigenvalue weighted by Crippen LogP contribution is -2.45. The molecule has 0 radical (unpaired) electrons. The Balaban J connectivity index is 1.67. The van der Waals surface area contributed by atoms with Gasteiger partial charge in [0, 0.05) is 5.70 Å². The van der Waals surface area contributed by atoms with Crippen LogP contribution in [0, 0.1) is 0 Å². The highest BCUT2D eigenvalue weighted by molar-refractivity contribution is 5.95. The van der Waals surface area contributed by atoms with Gasteiger partial charge in [0.2, 0.25) is 0 Å². The minimum Gasteiger partial charge on any atom is -0.493 e. The summed E-state index contributed by atoms with van der Waals surface area (Å²) < 4.78 is 27.3. The number of urea groups is 1. The van der Waals surface area contributed by atoms with Gasteiger partial charge in [-0.1, -0.05) is 18.7 Å². The van der Waals surface area contributed by atoms with Crippen molar-refractivity contribution in [2.45, 2.75) is 26.1 Å². The second-order valence-electron chi connectivity index (χ2n) is 8.42. The van der Waals surface area contributed by atoms with E-state index >= 15 is 0 Å². The first kappa shape index (κ1) is 29.8. The molecule has 0 unspecified atom stereocenters. The maximum atomic E-state index is 12.4. The van der Waals surface area contributed by atoms with Crippen LogP contribution >= 0.6 is 0 Å². The fourth-order valence-electron chi connectivity index (χ4n) is 3.85. The molecule has 2 aromatic rings. The third kappa shape index (κ3) is 7.67. The number of benzene rings is 2. The summed E-state index contributed by atoms with van der Waals surface area (Å²) in [6.07, 6.45) is 2.02. The molecule has 0 fully saturated rings. The van der Waals surface area contributed by atoms with E-state index in [1.165, 1.54) is 20.4 Å². The lowest BCUT2D eigenvalue weighted by Gasteiger charge is -2.28. The van der Waals surface area contributed by atoms with Crippen molar-refractivity contribution >= 4 is 18.2 Å². The number of nitrogens with zero attached hydrogens (tertiary/aromatic N) is 1. The van der Waals surface area contributed by atoms with Gasteiger partial charge in [0.15, 0.2) is 29.2 Å². The number of carbonyl (C=O) groups excluding carboxylic acids is 2. The number of hydrazone groups is 1. The Kier molecular flexibility index (Phi) is 10.8. The van der Waals surface area contributed by atoms with Crippen LogP contribution in [0.1, 0.15) is 31.0 Å². The Labute approximate surface area is 232 Å². The van der Waals surface area contributed by atoms with Crippen molar-refractivity contribution in [2.24, 2.45) is 5.10 Å². The fourth-order valence-corrected chi connectivity index (χ4v) is 3.85. The molecule has 3 rings (SSSR count). The minimum atomic E-state index is -1.14. The SMILES string of the molecule is C=CCOc1ccc(/C=N\N[C@@H](O)COc2ccc([C@@H]3NC(=O)NC(C)=C3C(=O)OC)cc2OCC)cc1OC. The lowest BCUT2D eigenvalue weighted by atomic mass is 9.95. The van der Waals surface area contributed by atoms with Crippen LogP contribution in [0.5, 0.6) is 23.0 Å². The number of hydrogen-bond donors (Lipinski definition) is 4. The molecular formula is C28H34N4O8. The molecular weight excluding hydrogens is 520 g/mol. The molecule has 0 saturated carbocycles. The normalized spacial score (nSPS) is 15.5. The first-order chi connectivity index (χ1) is 19.3. The van der Waals surface area contributed by atoms with Gasteiger partial charge in [-0.05, 0) is 55.3 Å². The molecule has 0 aromatic heterocycles. The average Bonchev–Trinajstić information content (AvgIpc) is 2.95. The number of aliphatic hydroxyl groups excluding tert-OH is 1. The molecule has 0 aliphatic carbocycles. The van der Waals surface area contributed by atoms with Crippen LogP contribution in [0.2, 0.25) is 0 Å². The smallest absolute Gasteiger partial charge is 0.337 e. The molecule has 2 atom stereocenters. The van der Waals surface area contributed by atoms with Gasteiger partial charge in [0.05, 0.1) is 38.7 Å². The van der Waals surface area contributed by atoms with Crippen molar-refractivity contribution in [3.63, 3.8) is 0 Å². The monoisotopic (exact) mass is 554 g/mol. The van der Waals surface area contributed by atoms with E-state index in [2.05, 4.69) is 27.7 Å². The van der Waals surface area contributed by atoms with Crippen molar-refractivity contribution in [2.75, 3.05) is 34.0 Å². The van der Waals surface area contributed by atoms with Gasteiger partial charge >= 0.3 is 12.0 Å². The van der Waals surface area contributed by atoms with Crippen LogP contribution < -0.4 is 35.0 Å². The van der Waals surface area contributed by atoms with Crippen LogP contribution in [0.25, 0.3) is 0 Å². The minimum absolute atomic E-state index is 0.148. The Morgan fingerprint density at radius 3 is 2.58 bits per heavy atom. The number of methoxy groups -OCH3 is 2. The largest absolute Gasteiger partial charge is 0.493 e. The molecule has 0 saturated heterocycles. The molecule has 12 nitrogen and oxygen atoms in total. The van der Waals surface area contributed by atoms with Crippen molar-refractivity contribution in [3.8, 4) is 23.0 Å². The zero-order valence-electron chi connectivity index (χ0n) is 22.9. The van der Waals surface area contributed by atoms with E-state index in [0.29, 0.717) is 47.5 Å². The van der Waals surface area contributed by atoms with Crippen molar-refractivity contribution in [3.05, 3.63) is 71.5 Å². The number of carbonyl (C=O) groups is 2. The maximum absolute atomic E-state index is 12.4. The van der Waals surface area contributed by atoms with Gasteiger partial charge in [-0.3, -0.25) is 5.43 Å². The Morgan fingerprint density at radius 1 is 1.12 bits per heavy atom. The highest BCUT2D eigenvalue weighted by Gasteiger charge is 2.32. The molecule has 1 heterocycles. The van der Waals surface area contributed by atoms with Crippen LogP contribution in [0.3, 0.4) is 0 Å². The molecule has 1 aliphatic rings. The van der Waals surface area contributed by atoms with Gasteiger partial charge in [0.25, 0.3) is 0 Å². The van der Waals surface area contributed by atoms with E-state index in [-0.39, 0.29) is 12.2 Å². The third-order valence-electron chi connectivity index (χ3n) is 5.65. The maximum Gasteiger partial charge on any atom is 0.337 e. The number of aliphatic hydroxyl groups is 1. The molecule has 2 amide bonds. The van der Waals surface area contributed by atoms with Crippen LogP contribution in [0.4, 0.5) is 4.79 Å². The Bertz CT molecular complexity index is 1280. The number of esters is 1. The molecule has 0 spiro atoms. The second kappa shape index (κ2) is 14.4. The van der Waals surface area contributed by atoms with Gasteiger partial charge in [-0.15, -0.1) is 0 Å². The molecule has 12 heteroatoms. The lowest BCUT2D eigenvalue weighted by molar-refractivity contribution is -0.136. The van der Waals surface area contributed by atoms with Gasteiger partial charge in [-0.25, -0.2) is 9.59 Å². The molecule has 4 N–H and O–H groups in total. The summed E-state index contributed by atoms with van der Waals surface area (Å²) >= 11 is 0. The third-order valence-corrected chi connectivity index (χ3v) is 5.65. The average molecular weight is 555 g/mol. The predicted molar refractivity (Wildman–Crippen MR) is 148 cm³/mol. The predicted octanol–water partition coefficient (Wildman–Crippen LogP) is 2.78. The number of allylic oxidation sites excluding steroid dienone is 1. The Morgan fingerprint density at radius 2 is 1.88 bits per heavy atom. The molecule has 214 valence electrons. The zero-order chi connectivity index (χ0) is 29.1. The molecule has 1 aliphatic heterocycles. The fraction of sp³-hybridized carbons (Fsp3) is 0.321. The summed E-state index contributed by atoms with van der Waals surface area (Å²) in [6, 6.07) is 9.08.